The first kappa shape index (κ1) is 12.8. The quantitative estimate of drug-likeness (QED) is 0.724. The van der Waals surface area contributed by atoms with E-state index in [-0.39, 0.29) is 12.7 Å². The standard InChI is InChI=1S/C15H24O2/c1-10(9-16)12-4-6-15(3)7-5-14(17)11(2)13(15)8-12/h12-14,16-17H,1-2,4-9H2,3H3/t12-,13+,14+,15+/m1/s1. The van der Waals surface area contributed by atoms with E-state index in [0.717, 1.165) is 43.3 Å². The number of hydrogen-bond acceptors (Lipinski definition) is 2. The molecule has 0 aliphatic heterocycles. The molecule has 0 saturated heterocycles. The molecule has 0 amide bonds. The summed E-state index contributed by atoms with van der Waals surface area (Å²) >= 11 is 0. The molecule has 0 aromatic rings. The van der Waals surface area contributed by atoms with Gasteiger partial charge in [-0.25, -0.2) is 0 Å². The Bertz CT molecular complexity index is 334. The smallest absolute Gasteiger partial charge is 0.0750 e. The molecule has 2 rings (SSSR count). The van der Waals surface area contributed by atoms with E-state index in [1.807, 2.05) is 0 Å². The molecule has 17 heavy (non-hydrogen) atoms. The van der Waals surface area contributed by atoms with Gasteiger partial charge in [-0.1, -0.05) is 20.1 Å². The van der Waals surface area contributed by atoms with Gasteiger partial charge in [0.05, 0.1) is 12.7 Å². The molecule has 96 valence electrons. The van der Waals surface area contributed by atoms with Crippen molar-refractivity contribution in [3.63, 3.8) is 0 Å². The van der Waals surface area contributed by atoms with Gasteiger partial charge in [0.2, 0.25) is 0 Å². The summed E-state index contributed by atoms with van der Waals surface area (Å²) in [6.07, 6.45) is 4.91. The Morgan fingerprint density at radius 3 is 2.71 bits per heavy atom. The maximum absolute atomic E-state index is 9.94. The summed E-state index contributed by atoms with van der Waals surface area (Å²) in [4.78, 5) is 0. The minimum Gasteiger partial charge on any atom is -0.392 e. The van der Waals surface area contributed by atoms with Crippen molar-refractivity contribution < 1.29 is 10.2 Å². The normalized spacial score (nSPS) is 42.1. The molecule has 0 spiro atoms. The van der Waals surface area contributed by atoms with E-state index in [1.54, 1.807) is 0 Å². The maximum Gasteiger partial charge on any atom is 0.0750 e. The average Bonchev–Trinajstić information content (AvgIpc) is 2.33. The summed E-state index contributed by atoms with van der Waals surface area (Å²) in [5, 5.41) is 19.1. The van der Waals surface area contributed by atoms with E-state index < -0.39 is 0 Å². The van der Waals surface area contributed by atoms with Gasteiger partial charge in [-0.15, -0.1) is 0 Å². The second kappa shape index (κ2) is 4.58. The van der Waals surface area contributed by atoms with Crippen LogP contribution in [0.2, 0.25) is 0 Å². The van der Waals surface area contributed by atoms with Crippen LogP contribution in [0.4, 0.5) is 0 Å². The molecule has 2 nitrogen and oxygen atoms in total. The second-order valence-electron chi connectivity index (χ2n) is 6.12. The Hall–Kier alpha value is -0.600. The fraction of sp³-hybridized carbons (Fsp3) is 0.733. The van der Waals surface area contributed by atoms with Gasteiger partial charge in [0.25, 0.3) is 0 Å². The molecule has 0 aromatic heterocycles. The lowest BCUT2D eigenvalue weighted by Crippen LogP contribution is -2.42. The van der Waals surface area contributed by atoms with Crippen LogP contribution in [0.5, 0.6) is 0 Å². The highest BCUT2D eigenvalue weighted by Gasteiger charge is 2.45. The zero-order valence-corrected chi connectivity index (χ0v) is 10.8. The molecule has 2 fully saturated rings. The maximum atomic E-state index is 9.94. The third-order valence-electron chi connectivity index (χ3n) is 5.07. The third kappa shape index (κ3) is 2.21. The number of aliphatic hydroxyl groups excluding tert-OH is 2. The van der Waals surface area contributed by atoms with Gasteiger partial charge in [0, 0.05) is 0 Å². The highest BCUT2D eigenvalue weighted by Crippen LogP contribution is 2.54. The highest BCUT2D eigenvalue weighted by atomic mass is 16.3. The van der Waals surface area contributed by atoms with Crippen LogP contribution >= 0.6 is 0 Å². The minimum atomic E-state index is -0.325. The van der Waals surface area contributed by atoms with E-state index >= 15 is 0 Å². The zero-order valence-electron chi connectivity index (χ0n) is 10.8. The molecule has 2 heteroatoms. The molecule has 0 unspecified atom stereocenters. The van der Waals surface area contributed by atoms with E-state index in [0.29, 0.717) is 17.3 Å². The van der Waals surface area contributed by atoms with Crippen molar-refractivity contribution in [1.82, 2.24) is 0 Å². The van der Waals surface area contributed by atoms with Crippen LogP contribution < -0.4 is 0 Å². The monoisotopic (exact) mass is 236 g/mol. The molecular formula is C15H24O2. The molecule has 2 N–H and O–H groups in total. The van der Waals surface area contributed by atoms with Crippen LogP contribution in [0.1, 0.15) is 39.0 Å². The summed E-state index contributed by atoms with van der Waals surface area (Å²) in [6, 6.07) is 0. The van der Waals surface area contributed by atoms with Crippen molar-refractivity contribution >= 4 is 0 Å². The second-order valence-corrected chi connectivity index (χ2v) is 6.12. The molecule has 0 heterocycles. The van der Waals surface area contributed by atoms with E-state index in [9.17, 15) is 10.2 Å². The third-order valence-corrected chi connectivity index (χ3v) is 5.07. The topological polar surface area (TPSA) is 40.5 Å². The van der Waals surface area contributed by atoms with Crippen LogP contribution in [-0.4, -0.2) is 22.9 Å². The van der Waals surface area contributed by atoms with Gasteiger partial charge in [-0.05, 0) is 60.5 Å². The Morgan fingerprint density at radius 2 is 2.06 bits per heavy atom. The Kier molecular flexibility index (Phi) is 3.46. The SMILES string of the molecule is C=C(CO)[C@@H]1CC[C@@]2(C)CC[C@H](O)C(=C)[C@@H]2C1. The van der Waals surface area contributed by atoms with E-state index in [2.05, 4.69) is 20.1 Å². The first-order valence-electron chi connectivity index (χ1n) is 6.63. The molecule has 4 atom stereocenters. The lowest BCUT2D eigenvalue weighted by molar-refractivity contribution is 0.0303. The van der Waals surface area contributed by atoms with Crippen LogP contribution in [0.3, 0.4) is 0 Å². The summed E-state index contributed by atoms with van der Waals surface area (Å²) < 4.78 is 0. The Morgan fingerprint density at radius 1 is 1.41 bits per heavy atom. The number of hydrogen-bond donors (Lipinski definition) is 2. The van der Waals surface area contributed by atoms with Crippen molar-refractivity contribution in [3.8, 4) is 0 Å². The molecule has 2 aliphatic carbocycles. The summed E-state index contributed by atoms with van der Waals surface area (Å²) in [5.74, 6) is 0.799. The molecule has 0 radical (unpaired) electrons. The fourth-order valence-electron chi connectivity index (χ4n) is 3.65. The summed E-state index contributed by atoms with van der Waals surface area (Å²) in [5.41, 5.74) is 2.26. The van der Waals surface area contributed by atoms with Crippen molar-refractivity contribution in [2.75, 3.05) is 6.61 Å². The highest BCUT2D eigenvalue weighted by molar-refractivity contribution is 5.19. The molecule has 2 saturated carbocycles. The van der Waals surface area contributed by atoms with Crippen molar-refractivity contribution in [2.45, 2.75) is 45.1 Å². The number of fused-ring (bicyclic) bond motifs is 1. The van der Waals surface area contributed by atoms with Gasteiger partial charge in [-0.3, -0.25) is 0 Å². The predicted molar refractivity (Wildman–Crippen MR) is 69.5 cm³/mol. The predicted octanol–water partition coefficient (Wildman–Crippen LogP) is 2.67. The number of rotatable bonds is 2. The summed E-state index contributed by atoms with van der Waals surface area (Å²) in [7, 11) is 0. The molecule has 0 aromatic carbocycles. The van der Waals surface area contributed by atoms with Crippen molar-refractivity contribution in [2.24, 2.45) is 17.3 Å². The van der Waals surface area contributed by atoms with Gasteiger partial charge in [0.15, 0.2) is 0 Å². The molecule has 0 bridgehead atoms. The molecule has 2 aliphatic rings. The van der Waals surface area contributed by atoms with Gasteiger partial charge >= 0.3 is 0 Å². The largest absolute Gasteiger partial charge is 0.392 e. The van der Waals surface area contributed by atoms with E-state index in [4.69, 9.17) is 0 Å². The number of aliphatic hydroxyl groups is 2. The Labute approximate surface area is 104 Å². The van der Waals surface area contributed by atoms with E-state index in [1.165, 1.54) is 0 Å². The van der Waals surface area contributed by atoms with Crippen molar-refractivity contribution in [3.05, 3.63) is 24.3 Å². The molecular weight excluding hydrogens is 212 g/mol. The first-order chi connectivity index (χ1) is 7.98. The first-order valence-corrected chi connectivity index (χ1v) is 6.63. The zero-order chi connectivity index (χ0) is 12.6. The van der Waals surface area contributed by atoms with Crippen LogP contribution in [0.15, 0.2) is 24.3 Å². The van der Waals surface area contributed by atoms with Crippen molar-refractivity contribution in [1.29, 1.82) is 0 Å². The lowest BCUT2D eigenvalue weighted by Gasteiger charge is -2.50. The van der Waals surface area contributed by atoms with Crippen LogP contribution in [0.25, 0.3) is 0 Å². The lowest BCUT2D eigenvalue weighted by atomic mass is 9.56. The summed E-state index contributed by atoms with van der Waals surface area (Å²) in [6.45, 7) is 10.5. The van der Waals surface area contributed by atoms with Crippen LogP contribution in [-0.2, 0) is 0 Å². The van der Waals surface area contributed by atoms with Gasteiger partial charge in [0.1, 0.15) is 0 Å². The van der Waals surface area contributed by atoms with Gasteiger partial charge in [-0.2, -0.15) is 0 Å². The minimum absolute atomic E-state index is 0.0864. The van der Waals surface area contributed by atoms with Crippen LogP contribution in [0, 0.1) is 17.3 Å². The fourth-order valence-corrected chi connectivity index (χ4v) is 3.65. The Balaban J connectivity index is 2.15. The average molecular weight is 236 g/mol. The van der Waals surface area contributed by atoms with Gasteiger partial charge < -0.3 is 10.2 Å².